The molecule has 1 unspecified atom stereocenters. The third-order valence-corrected chi connectivity index (χ3v) is 2.86. The molecule has 5 heteroatoms. The number of likely N-dealkylation sites (tertiary alicyclic amines) is 1. The van der Waals surface area contributed by atoms with Crippen LogP contribution in [0.5, 0.6) is 0 Å². The molecule has 1 aromatic rings. The fourth-order valence-electron chi connectivity index (χ4n) is 2.14. The average Bonchev–Trinajstić information content (AvgIpc) is 2.88. The molecule has 2 rings (SSSR count). The second-order valence-electron chi connectivity index (χ2n) is 4.34. The summed E-state index contributed by atoms with van der Waals surface area (Å²) in [5.74, 6) is 1.16. The number of nitrogens with one attached hydrogen (secondary N) is 1. The maximum absolute atomic E-state index is 10.9. The number of furan rings is 1. The van der Waals surface area contributed by atoms with Crippen LogP contribution in [-0.2, 0) is 11.3 Å². The zero-order valence-electron chi connectivity index (χ0n) is 9.81. The van der Waals surface area contributed by atoms with Crippen molar-refractivity contribution in [2.45, 2.75) is 25.9 Å². The summed E-state index contributed by atoms with van der Waals surface area (Å²) in [5, 5.41) is 2.91. The van der Waals surface area contributed by atoms with Crippen LogP contribution < -0.4 is 5.32 Å². The molecule has 1 amide bonds. The molecule has 0 saturated carbocycles. The molecule has 1 atom stereocenters. The number of amides is 1. The molecule has 17 heavy (non-hydrogen) atoms. The standard InChI is InChI=1S/C12H16N2O3/c1-9(16)13-10-4-5-14(6-10)7-11-2-3-12(8-15)17-11/h2-3,8,10H,4-7H2,1H3,(H,13,16). The summed E-state index contributed by atoms with van der Waals surface area (Å²) in [7, 11) is 0. The summed E-state index contributed by atoms with van der Waals surface area (Å²) in [6, 6.07) is 3.71. The first-order valence-electron chi connectivity index (χ1n) is 5.70. The van der Waals surface area contributed by atoms with Gasteiger partial charge >= 0.3 is 0 Å². The van der Waals surface area contributed by atoms with Gasteiger partial charge in [0.05, 0.1) is 6.54 Å². The van der Waals surface area contributed by atoms with E-state index >= 15 is 0 Å². The van der Waals surface area contributed by atoms with E-state index in [1.54, 1.807) is 6.07 Å². The highest BCUT2D eigenvalue weighted by atomic mass is 16.3. The predicted octanol–water partition coefficient (Wildman–Crippen LogP) is 0.802. The Bertz CT molecular complexity index is 414. The van der Waals surface area contributed by atoms with Gasteiger partial charge in [-0.1, -0.05) is 0 Å². The number of carbonyl (C=O) groups excluding carboxylic acids is 2. The number of hydrogen-bond acceptors (Lipinski definition) is 4. The first-order chi connectivity index (χ1) is 8.17. The summed E-state index contributed by atoms with van der Waals surface area (Å²) in [5.41, 5.74) is 0. The molecule has 5 nitrogen and oxygen atoms in total. The monoisotopic (exact) mass is 236 g/mol. The molecule has 1 aromatic heterocycles. The van der Waals surface area contributed by atoms with Crippen molar-refractivity contribution in [3.63, 3.8) is 0 Å². The van der Waals surface area contributed by atoms with Gasteiger partial charge in [-0.15, -0.1) is 0 Å². The number of nitrogens with zero attached hydrogens (tertiary/aromatic N) is 1. The van der Waals surface area contributed by atoms with Crippen LogP contribution in [0.25, 0.3) is 0 Å². The lowest BCUT2D eigenvalue weighted by atomic mass is 10.2. The van der Waals surface area contributed by atoms with E-state index in [-0.39, 0.29) is 11.9 Å². The van der Waals surface area contributed by atoms with E-state index in [1.165, 1.54) is 6.92 Å². The van der Waals surface area contributed by atoms with Crippen molar-refractivity contribution in [1.29, 1.82) is 0 Å². The van der Waals surface area contributed by atoms with Crippen molar-refractivity contribution in [2.75, 3.05) is 13.1 Å². The Morgan fingerprint density at radius 3 is 3.12 bits per heavy atom. The number of aldehydes is 1. The van der Waals surface area contributed by atoms with Crippen molar-refractivity contribution in [3.8, 4) is 0 Å². The maximum Gasteiger partial charge on any atom is 0.217 e. The highest BCUT2D eigenvalue weighted by Gasteiger charge is 2.23. The third-order valence-electron chi connectivity index (χ3n) is 2.86. The largest absolute Gasteiger partial charge is 0.457 e. The van der Waals surface area contributed by atoms with Crippen LogP contribution in [0.1, 0.15) is 29.7 Å². The highest BCUT2D eigenvalue weighted by Crippen LogP contribution is 2.15. The van der Waals surface area contributed by atoms with Crippen molar-refractivity contribution < 1.29 is 14.0 Å². The van der Waals surface area contributed by atoms with Gasteiger partial charge in [-0.3, -0.25) is 14.5 Å². The van der Waals surface area contributed by atoms with Crippen LogP contribution in [0.15, 0.2) is 16.5 Å². The van der Waals surface area contributed by atoms with Gasteiger partial charge in [-0.2, -0.15) is 0 Å². The van der Waals surface area contributed by atoms with Crippen molar-refractivity contribution >= 4 is 12.2 Å². The lowest BCUT2D eigenvalue weighted by Gasteiger charge is -2.14. The summed E-state index contributed by atoms with van der Waals surface area (Å²) in [6.07, 6.45) is 1.66. The van der Waals surface area contributed by atoms with E-state index in [0.717, 1.165) is 25.3 Å². The molecule has 0 spiro atoms. The average molecular weight is 236 g/mol. The Morgan fingerprint density at radius 2 is 2.47 bits per heavy atom. The Balaban J connectivity index is 1.85. The van der Waals surface area contributed by atoms with Gasteiger partial charge in [0.15, 0.2) is 12.0 Å². The Hall–Kier alpha value is -1.62. The predicted molar refractivity (Wildman–Crippen MR) is 61.6 cm³/mol. The van der Waals surface area contributed by atoms with E-state index in [1.807, 2.05) is 6.07 Å². The summed E-state index contributed by atoms with van der Waals surface area (Å²) >= 11 is 0. The minimum Gasteiger partial charge on any atom is -0.457 e. The molecule has 1 aliphatic rings. The normalized spacial score (nSPS) is 20.4. The molecule has 1 saturated heterocycles. The second-order valence-corrected chi connectivity index (χ2v) is 4.34. The van der Waals surface area contributed by atoms with Crippen LogP contribution in [0.3, 0.4) is 0 Å². The third kappa shape index (κ3) is 3.17. The zero-order chi connectivity index (χ0) is 12.3. The Kier molecular flexibility index (Phi) is 3.58. The summed E-state index contributed by atoms with van der Waals surface area (Å²) in [6.45, 7) is 3.98. The van der Waals surface area contributed by atoms with E-state index in [9.17, 15) is 9.59 Å². The van der Waals surface area contributed by atoms with Gasteiger partial charge in [0.1, 0.15) is 5.76 Å². The van der Waals surface area contributed by atoms with Crippen LogP contribution in [0, 0.1) is 0 Å². The van der Waals surface area contributed by atoms with Gasteiger partial charge in [0.2, 0.25) is 5.91 Å². The minimum absolute atomic E-state index is 0.0121. The number of rotatable bonds is 4. The SMILES string of the molecule is CC(=O)NC1CCN(Cc2ccc(C=O)o2)C1. The van der Waals surface area contributed by atoms with E-state index < -0.39 is 0 Å². The fourth-order valence-corrected chi connectivity index (χ4v) is 2.14. The maximum atomic E-state index is 10.9. The van der Waals surface area contributed by atoms with Crippen molar-refractivity contribution in [3.05, 3.63) is 23.7 Å². The molecule has 1 fully saturated rings. The zero-order valence-corrected chi connectivity index (χ0v) is 9.81. The first-order valence-corrected chi connectivity index (χ1v) is 5.70. The lowest BCUT2D eigenvalue weighted by Crippen LogP contribution is -2.35. The number of hydrogen-bond donors (Lipinski definition) is 1. The molecule has 1 N–H and O–H groups in total. The van der Waals surface area contributed by atoms with Crippen LogP contribution in [-0.4, -0.2) is 36.2 Å². The molecule has 2 heterocycles. The fraction of sp³-hybridized carbons (Fsp3) is 0.500. The molecule has 0 radical (unpaired) electrons. The van der Waals surface area contributed by atoms with Crippen molar-refractivity contribution in [2.24, 2.45) is 0 Å². The van der Waals surface area contributed by atoms with Gasteiger partial charge in [-0.05, 0) is 18.6 Å². The molecular weight excluding hydrogens is 220 g/mol. The summed E-state index contributed by atoms with van der Waals surface area (Å²) in [4.78, 5) is 23.6. The van der Waals surface area contributed by atoms with Crippen LogP contribution >= 0.6 is 0 Å². The lowest BCUT2D eigenvalue weighted by molar-refractivity contribution is -0.119. The summed E-state index contributed by atoms with van der Waals surface area (Å²) < 4.78 is 5.31. The van der Waals surface area contributed by atoms with Crippen LogP contribution in [0.2, 0.25) is 0 Å². The minimum atomic E-state index is 0.0121. The van der Waals surface area contributed by atoms with Gasteiger partial charge in [0.25, 0.3) is 0 Å². The van der Waals surface area contributed by atoms with Crippen LogP contribution in [0.4, 0.5) is 0 Å². The molecule has 0 bridgehead atoms. The Labute approximate surface area is 99.8 Å². The van der Waals surface area contributed by atoms with Gasteiger partial charge < -0.3 is 9.73 Å². The smallest absolute Gasteiger partial charge is 0.217 e. The van der Waals surface area contributed by atoms with E-state index in [0.29, 0.717) is 18.6 Å². The Morgan fingerprint density at radius 1 is 1.65 bits per heavy atom. The molecule has 0 aliphatic carbocycles. The van der Waals surface area contributed by atoms with E-state index in [2.05, 4.69) is 10.2 Å². The van der Waals surface area contributed by atoms with E-state index in [4.69, 9.17) is 4.42 Å². The number of carbonyl (C=O) groups is 2. The van der Waals surface area contributed by atoms with Crippen molar-refractivity contribution in [1.82, 2.24) is 10.2 Å². The first kappa shape index (κ1) is 11.9. The second kappa shape index (κ2) is 5.14. The molecular formula is C12H16N2O3. The molecule has 92 valence electrons. The molecule has 0 aromatic carbocycles. The highest BCUT2D eigenvalue weighted by molar-refractivity contribution is 5.73. The van der Waals surface area contributed by atoms with Gasteiger partial charge in [-0.25, -0.2) is 0 Å². The van der Waals surface area contributed by atoms with Gasteiger partial charge in [0, 0.05) is 26.1 Å². The molecule has 1 aliphatic heterocycles. The topological polar surface area (TPSA) is 62.6 Å². The quantitative estimate of drug-likeness (QED) is 0.785.